The number of ketones is 1. The smallest absolute Gasteiger partial charge is 0.129 e. The van der Waals surface area contributed by atoms with E-state index in [1.165, 1.54) is 5.00 Å². The molecule has 2 nitrogen and oxygen atoms in total. The number of nitrogens with zero attached hydrogens (tertiary/aromatic N) is 1. The molecule has 0 spiro atoms. The maximum Gasteiger partial charge on any atom is 0.129 e. The predicted molar refractivity (Wildman–Crippen MR) is 57.5 cm³/mol. The number of hydrogen-bond donors (Lipinski definition) is 0. The molecule has 0 fully saturated rings. The molecule has 0 saturated carbocycles. The SMILES string of the molecule is CC(=O)CCCN(C)c1cccs1. The Bertz CT molecular complexity index is 256. The highest BCUT2D eigenvalue weighted by atomic mass is 32.1. The average Bonchev–Trinajstić information content (AvgIpc) is 2.55. The van der Waals surface area contributed by atoms with Gasteiger partial charge in [0.25, 0.3) is 0 Å². The van der Waals surface area contributed by atoms with Gasteiger partial charge in [0.15, 0.2) is 0 Å². The summed E-state index contributed by atoms with van der Waals surface area (Å²) < 4.78 is 0. The van der Waals surface area contributed by atoms with Gasteiger partial charge in [-0.2, -0.15) is 0 Å². The van der Waals surface area contributed by atoms with E-state index < -0.39 is 0 Å². The van der Waals surface area contributed by atoms with Crippen LogP contribution in [0, 0.1) is 0 Å². The molecule has 0 aliphatic rings. The highest BCUT2D eigenvalue weighted by Crippen LogP contribution is 2.19. The van der Waals surface area contributed by atoms with Gasteiger partial charge in [-0.3, -0.25) is 0 Å². The first-order chi connectivity index (χ1) is 6.20. The van der Waals surface area contributed by atoms with Crippen LogP contribution in [0.25, 0.3) is 0 Å². The van der Waals surface area contributed by atoms with Crippen molar-refractivity contribution in [1.82, 2.24) is 0 Å². The molecular formula is C10H15NOS. The van der Waals surface area contributed by atoms with Gasteiger partial charge in [0.1, 0.15) is 5.78 Å². The summed E-state index contributed by atoms with van der Waals surface area (Å²) in [5.74, 6) is 0.277. The first-order valence-corrected chi connectivity index (χ1v) is 5.32. The van der Waals surface area contributed by atoms with Crippen LogP contribution in [0.2, 0.25) is 0 Å². The second-order valence-corrected chi connectivity index (χ2v) is 4.10. The minimum atomic E-state index is 0.277. The lowest BCUT2D eigenvalue weighted by Gasteiger charge is -2.15. The third-order valence-electron chi connectivity index (χ3n) is 1.90. The van der Waals surface area contributed by atoms with Gasteiger partial charge in [-0.15, -0.1) is 11.3 Å². The molecule has 0 aromatic carbocycles. The van der Waals surface area contributed by atoms with E-state index in [4.69, 9.17) is 0 Å². The molecule has 1 rings (SSSR count). The quantitative estimate of drug-likeness (QED) is 0.723. The zero-order valence-corrected chi connectivity index (χ0v) is 8.93. The van der Waals surface area contributed by atoms with Crippen molar-refractivity contribution in [1.29, 1.82) is 0 Å². The Kier molecular flexibility index (Phi) is 3.96. The summed E-state index contributed by atoms with van der Waals surface area (Å²) in [4.78, 5) is 12.9. The number of Topliss-reactive ketones (excluding diaryl/α,β-unsaturated/α-hetero) is 1. The zero-order chi connectivity index (χ0) is 9.68. The van der Waals surface area contributed by atoms with Crippen LogP contribution in [-0.2, 0) is 4.79 Å². The second kappa shape index (κ2) is 5.02. The molecule has 0 aliphatic heterocycles. The van der Waals surface area contributed by atoms with Gasteiger partial charge >= 0.3 is 0 Å². The molecule has 72 valence electrons. The van der Waals surface area contributed by atoms with Gasteiger partial charge < -0.3 is 9.69 Å². The summed E-state index contributed by atoms with van der Waals surface area (Å²) in [6, 6.07) is 4.14. The molecule has 0 unspecified atom stereocenters. The Morgan fingerprint density at radius 3 is 2.92 bits per heavy atom. The molecule has 1 aromatic heterocycles. The van der Waals surface area contributed by atoms with E-state index in [2.05, 4.69) is 23.4 Å². The molecule has 1 aromatic rings. The van der Waals surface area contributed by atoms with E-state index in [-0.39, 0.29) is 5.78 Å². The van der Waals surface area contributed by atoms with E-state index in [0.29, 0.717) is 6.42 Å². The Labute approximate surface area is 83.2 Å². The molecule has 0 N–H and O–H groups in total. The summed E-state index contributed by atoms with van der Waals surface area (Å²) in [5.41, 5.74) is 0. The number of carbonyl (C=O) groups excluding carboxylic acids is 1. The zero-order valence-electron chi connectivity index (χ0n) is 8.12. The van der Waals surface area contributed by atoms with Crippen molar-refractivity contribution in [2.24, 2.45) is 0 Å². The molecular weight excluding hydrogens is 182 g/mol. The molecule has 0 bridgehead atoms. The van der Waals surface area contributed by atoms with Crippen LogP contribution in [0.15, 0.2) is 17.5 Å². The average molecular weight is 197 g/mol. The fourth-order valence-electron chi connectivity index (χ4n) is 1.16. The molecule has 0 radical (unpaired) electrons. The van der Waals surface area contributed by atoms with Crippen LogP contribution in [0.5, 0.6) is 0 Å². The molecule has 0 amide bonds. The number of carbonyl (C=O) groups is 1. The normalized spacial score (nSPS) is 10.0. The van der Waals surface area contributed by atoms with Gasteiger partial charge in [0.2, 0.25) is 0 Å². The topological polar surface area (TPSA) is 20.3 Å². The highest BCUT2D eigenvalue weighted by molar-refractivity contribution is 7.14. The van der Waals surface area contributed by atoms with Crippen molar-refractivity contribution in [2.45, 2.75) is 19.8 Å². The van der Waals surface area contributed by atoms with E-state index >= 15 is 0 Å². The summed E-state index contributed by atoms with van der Waals surface area (Å²) in [6.07, 6.45) is 1.64. The van der Waals surface area contributed by atoms with Crippen molar-refractivity contribution in [2.75, 3.05) is 18.5 Å². The van der Waals surface area contributed by atoms with Gasteiger partial charge in [0, 0.05) is 20.0 Å². The molecule has 13 heavy (non-hydrogen) atoms. The highest BCUT2D eigenvalue weighted by Gasteiger charge is 2.01. The third kappa shape index (κ3) is 3.59. The van der Waals surface area contributed by atoms with Gasteiger partial charge in [-0.05, 0) is 30.9 Å². The minimum absolute atomic E-state index is 0.277. The summed E-state index contributed by atoms with van der Waals surface area (Å²) in [7, 11) is 2.06. The largest absolute Gasteiger partial charge is 0.367 e. The standard InChI is InChI=1S/C10H15NOS/c1-9(12)5-3-7-11(2)10-6-4-8-13-10/h4,6,8H,3,5,7H2,1-2H3. The minimum Gasteiger partial charge on any atom is -0.367 e. The Hall–Kier alpha value is -0.830. The van der Waals surface area contributed by atoms with Gasteiger partial charge in [-0.25, -0.2) is 0 Å². The summed E-state index contributed by atoms with van der Waals surface area (Å²) in [5, 5.41) is 3.33. The lowest BCUT2D eigenvalue weighted by Crippen LogP contribution is -2.17. The monoisotopic (exact) mass is 197 g/mol. The molecule has 3 heteroatoms. The number of anilines is 1. The number of thiophene rings is 1. The van der Waals surface area contributed by atoms with Gasteiger partial charge in [-0.1, -0.05) is 0 Å². The molecule has 1 heterocycles. The van der Waals surface area contributed by atoms with E-state index in [1.807, 2.05) is 6.07 Å². The Morgan fingerprint density at radius 1 is 1.62 bits per heavy atom. The van der Waals surface area contributed by atoms with Crippen molar-refractivity contribution < 1.29 is 4.79 Å². The van der Waals surface area contributed by atoms with Crippen LogP contribution >= 0.6 is 11.3 Å². The van der Waals surface area contributed by atoms with Crippen molar-refractivity contribution >= 4 is 22.1 Å². The number of rotatable bonds is 5. The fourth-order valence-corrected chi connectivity index (χ4v) is 1.89. The van der Waals surface area contributed by atoms with Crippen LogP contribution in [0.3, 0.4) is 0 Å². The van der Waals surface area contributed by atoms with Crippen LogP contribution < -0.4 is 4.90 Å². The molecule has 0 atom stereocenters. The molecule has 0 saturated heterocycles. The lowest BCUT2D eigenvalue weighted by atomic mass is 10.2. The van der Waals surface area contributed by atoms with E-state index in [1.54, 1.807) is 18.3 Å². The lowest BCUT2D eigenvalue weighted by molar-refractivity contribution is -0.117. The van der Waals surface area contributed by atoms with Crippen molar-refractivity contribution in [3.63, 3.8) is 0 Å². The first-order valence-electron chi connectivity index (χ1n) is 4.44. The fraction of sp³-hybridized carbons (Fsp3) is 0.500. The maximum absolute atomic E-state index is 10.7. The van der Waals surface area contributed by atoms with Crippen molar-refractivity contribution in [3.8, 4) is 0 Å². The van der Waals surface area contributed by atoms with Crippen LogP contribution in [0.1, 0.15) is 19.8 Å². The van der Waals surface area contributed by atoms with E-state index in [9.17, 15) is 4.79 Å². The second-order valence-electron chi connectivity index (χ2n) is 3.18. The van der Waals surface area contributed by atoms with Crippen LogP contribution in [-0.4, -0.2) is 19.4 Å². The predicted octanol–water partition coefficient (Wildman–Crippen LogP) is 2.55. The first kappa shape index (κ1) is 10.3. The van der Waals surface area contributed by atoms with Gasteiger partial charge in [0.05, 0.1) is 5.00 Å². The molecule has 0 aliphatic carbocycles. The summed E-state index contributed by atoms with van der Waals surface area (Å²) >= 11 is 1.73. The third-order valence-corrected chi connectivity index (χ3v) is 2.89. The summed E-state index contributed by atoms with van der Waals surface area (Å²) in [6.45, 7) is 2.60. The maximum atomic E-state index is 10.7. The Balaban J connectivity index is 2.26. The number of hydrogen-bond acceptors (Lipinski definition) is 3. The van der Waals surface area contributed by atoms with E-state index in [0.717, 1.165) is 13.0 Å². The van der Waals surface area contributed by atoms with Crippen LogP contribution in [0.4, 0.5) is 5.00 Å². The van der Waals surface area contributed by atoms with Crippen molar-refractivity contribution in [3.05, 3.63) is 17.5 Å². The Morgan fingerprint density at radius 2 is 2.38 bits per heavy atom.